The van der Waals surface area contributed by atoms with Gasteiger partial charge in [-0.3, -0.25) is 9.97 Å². The van der Waals surface area contributed by atoms with Crippen LogP contribution in [0.4, 0.5) is 5.69 Å². The van der Waals surface area contributed by atoms with Crippen LogP contribution in [0.2, 0.25) is 0 Å². The Labute approximate surface area is 112 Å². The summed E-state index contributed by atoms with van der Waals surface area (Å²) in [6.07, 6.45) is 5.25. The SMILES string of the molecule is NC[C@]1(O)CCCN(c2ccnc3cccnc23)C1. The number of piperidine rings is 1. The van der Waals surface area contributed by atoms with Crippen LogP contribution in [0.15, 0.2) is 30.6 Å². The third kappa shape index (κ3) is 2.27. The molecular weight excluding hydrogens is 240 g/mol. The van der Waals surface area contributed by atoms with Gasteiger partial charge in [-0.1, -0.05) is 0 Å². The molecule has 2 aromatic rings. The molecule has 1 aliphatic heterocycles. The molecule has 5 heteroatoms. The number of hydrogen-bond acceptors (Lipinski definition) is 5. The summed E-state index contributed by atoms with van der Waals surface area (Å²) in [5, 5.41) is 10.4. The van der Waals surface area contributed by atoms with E-state index in [1.807, 2.05) is 18.2 Å². The molecule has 0 aromatic carbocycles. The quantitative estimate of drug-likeness (QED) is 0.837. The summed E-state index contributed by atoms with van der Waals surface area (Å²) in [5.41, 5.74) is 7.68. The Morgan fingerprint density at radius 1 is 1.32 bits per heavy atom. The zero-order valence-corrected chi connectivity index (χ0v) is 10.8. The first-order valence-corrected chi connectivity index (χ1v) is 6.59. The highest BCUT2D eigenvalue weighted by molar-refractivity contribution is 5.87. The summed E-state index contributed by atoms with van der Waals surface area (Å²) >= 11 is 0. The second-order valence-electron chi connectivity index (χ2n) is 5.15. The van der Waals surface area contributed by atoms with Crippen molar-refractivity contribution in [3.05, 3.63) is 30.6 Å². The van der Waals surface area contributed by atoms with Gasteiger partial charge < -0.3 is 15.7 Å². The maximum atomic E-state index is 10.4. The van der Waals surface area contributed by atoms with Gasteiger partial charge in [-0.15, -0.1) is 0 Å². The molecule has 0 unspecified atom stereocenters. The molecule has 0 saturated carbocycles. The van der Waals surface area contributed by atoms with Crippen molar-refractivity contribution in [2.24, 2.45) is 5.73 Å². The first kappa shape index (κ1) is 12.3. The van der Waals surface area contributed by atoms with E-state index in [1.54, 1.807) is 12.4 Å². The Bertz CT molecular complexity index is 583. The Hall–Kier alpha value is -1.72. The molecule has 2 aromatic heterocycles. The molecule has 3 rings (SSSR count). The summed E-state index contributed by atoms with van der Waals surface area (Å²) in [5.74, 6) is 0. The highest BCUT2D eigenvalue weighted by atomic mass is 16.3. The number of fused-ring (bicyclic) bond motifs is 1. The second kappa shape index (κ2) is 4.75. The Morgan fingerprint density at radius 2 is 2.21 bits per heavy atom. The van der Waals surface area contributed by atoms with E-state index in [0.29, 0.717) is 13.1 Å². The molecule has 3 N–H and O–H groups in total. The van der Waals surface area contributed by atoms with Crippen LogP contribution in [0.3, 0.4) is 0 Å². The Balaban J connectivity index is 2.00. The van der Waals surface area contributed by atoms with Crippen molar-refractivity contribution in [2.45, 2.75) is 18.4 Å². The summed E-state index contributed by atoms with van der Waals surface area (Å²) in [4.78, 5) is 10.9. The highest BCUT2D eigenvalue weighted by Crippen LogP contribution is 2.29. The van der Waals surface area contributed by atoms with Crippen molar-refractivity contribution in [3.63, 3.8) is 0 Å². The standard InChI is InChI=1S/C14H18N4O/c15-9-14(19)5-2-8-18(10-14)12-4-7-16-11-3-1-6-17-13(11)12/h1,3-4,6-7,19H,2,5,8-10,15H2/t14-/m1/s1. The van der Waals surface area contributed by atoms with E-state index < -0.39 is 5.60 Å². The molecule has 1 saturated heterocycles. The van der Waals surface area contributed by atoms with Crippen LogP contribution in [0.1, 0.15) is 12.8 Å². The van der Waals surface area contributed by atoms with E-state index in [0.717, 1.165) is 36.1 Å². The molecule has 0 aliphatic carbocycles. The van der Waals surface area contributed by atoms with Gasteiger partial charge in [-0.05, 0) is 31.0 Å². The normalized spacial score (nSPS) is 23.8. The van der Waals surface area contributed by atoms with E-state index in [1.165, 1.54) is 0 Å². The molecule has 1 aliphatic rings. The molecule has 100 valence electrons. The fourth-order valence-corrected chi connectivity index (χ4v) is 2.71. The van der Waals surface area contributed by atoms with Gasteiger partial charge in [0.25, 0.3) is 0 Å². The zero-order valence-electron chi connectivity index (χ0n) is 10.8. The lowest BCUT2D eigenvalue weighted by Crippen LogP contribution is -2.52. The average molecular weight is 258 g/mol. The number of nitrogens with two attached hydrogens (primary N) is 1. The molecule has 1 fully saturated rings. The smallest absolute Gasteiger partial charge is 0.112 e. The maximum absolute atomic E-state index is 10.4. The lowest BCUT2D eigenvalue weighted by atomic mass is 9.92. The molecular formula is C14H18N4O. The Kier molecular flexibility index (Phi) is 3.08. The minimum atomic E-state index is -0.789. The number of aromatic nitrogens is 2. The maximum Gasteiger partial charge on any atom is 0.112 e. The average Bonchev–Trinajstić information content (AvgIpc) is 2.47. The van der Waals surface area contributed by atoms with Gasteiger partial charge in [0, 0.05) is 32.0 Å². The fourth-order valence-electron chi connectivity index (χ4n) is 2.71. The zero-order chi connectivity index (χ0) is 13.3. The van der Waals surface area contributed by atoms with Crippen LogP contribution >= 0.6 is 0 Å². The first-order chi connectivity index (χ1) is 9.22. The van der Waals surface area contributed by atoms with Crippen LogP contribution in [0.5, 0.6) is 0 Å². The number of β-amino-alcohol motifs (C(OH)–C–C–N with tert-alkyl or cyclic N) is 1. The summed E-state index contributed by atoms with van der Waals surface area (Å²) in [6, 6.07) is 5.79. The van der Waals surface area contributed by atoms with E-state index in [4.69, 9.17) is 5.73 Å². The molecule has 19 heavy (non-hydrogen) atoms. The second-order valence-corrected chi connectivity index (χ2v) is 5.15. The number of anilines is 1. The number of hydrogen-bond donors (Lipinski definition) is 2. The van der Waals surface area contributed by atoms with Gasteiger partial charge in [-0.2, -0.15) is 0 Å². The molecule has 0 amide bonds. The van der Waals surface area contributed by atoms with Crippen molar-refractivity contribution in [1.82, 2.24) is 9.97 Å². The van der Waals surface area contributed by atoms with E-state index >= 15 is 0 Å². The molecule has 0 bridgehead atoms. The topological polar surface area (TPSA) is 75.3 Å². The van der Waals surface area contributed by atoms with Crippen molar-refractivity contribution in [2.75, 3.05) is 24.5 Å². The van der Waals surface area contributed by atoms with Crippen LogP contribution in [-0.2, 0) is 0 Å². The van der Waals surface area contributed by atoms with Gasteiger partial charge in [0.05, 0.1) is 16.8 Å². The van der Waals surface area contributed by atoms with E-state index in [2.05, 4.69) is 14.9 Å². The molecule has 0 radical (unpaired) electrons. The van der Waals surface area contributed by atoms with Gasteiger partial charge in [-0.25, -0.2) is 0 Å². The van der Waals surface area contributed by atoms with Crippen LogP contribution in [-0.4, -0.2) is 40.3 Å². The molecule has 3 heterocycles. The lowest BCUT2D eigenvalue weighted by Gasteiger charge is -2.39. The molecule has 0 spiro atoms. The largest absolute Gasteiger partial charge is 0.387 e. The number of nitrogens with zero attached hydrogens (tertiary/aromatic N) is 3. The lowest BCUT2D eigenvalue weighted by molar-refractivity contribution is 0.0348. The number of aliphatic hydroxyl groups is 1. The minimum absolute atomic E-state index is 0.292. The van der Waals surface area contributed by atoms with Crippen LogP contribution in [0, 0.1) is 0 Å². The highest BCUT2D eigenvalue weighted by Gasteiger charge is 2.32. The Morgan fingerprint density at radius 3 is 3.05 bits per heavy atom. The molecule has 1 atom stereocenters. The summed E-state index contributed by atoms with van der Waals surface area (Å²) in [6.45, 7) is 1.76. The number of rotatable bonds is 2. The van der Waals surface area contributed by atoms with Gasteiger partial charge in [0.1, 0.15) is 5.52 Å². The molecule has 5 nitrogen and oxygen atoms in total. The predicted molar refractivity (Wildman–Crippen MR) is 75.0 cm³/mol. The number of pyridine rings is 2. The third-order valence-electron chi connectivity index (χ3n) is 3.75. The van der Waals surface area contributed by atoms with Crippen molar-refractivity contribution in [1.29, 1.82) is 0 Å². The monoisotopic (exact) mass is 258 g/mol. The summed E-state index contributed by atoms with van der Waals surface area (Å²) < 4.78 is 0. The third-order valence-corrected chi connectivity index (χ3v) is 3.75. The van der Waals surface area contributed by atoms with Crippen molar-refractivity contribution >= 4 is 16.7 Å². The van der Waals surface area contributed by atoms with Gasteiger partial charge >= 0.3 is 0 Å². The van der Waals surface area contributed by atoms with Crippen LogP contribution in [0.25, 0.3) is 11.0 Å². The van der Waals surface area contributed by atoms with Gasteiger partial charge in [0.2, 0.25) is 0 Å². The fraction of sp³-hybridized carbons (Fsp3) is 0.429. The first-order valence-electron chi connectivity index (χ1n) is 6.59. The van der Waals surface area contributed by atoms with Crippen molar-refractivity contribution < 1.29 is 5.11 Å². The minimum Gasteiger partial charge on any atom is -0.387 e. The summed E-state index contributed by atoms with van der Waals surface area (Å²) in [7, 11) is 0. The predicted octanol–water partition coefficient (Wildman–Crippen LogP) is 0.920. The van der Waals surface area contributed by atoms with E-state index in [9.17, 15) is 5.11 Å². The van der Waals surface area contributed by atoms with Gasteiger partial charge in [0.15, 0.2) is 0 Å². The van der Waals surface area contributed by atoms with Crippen molar-refractivity contribution in [3.8, 4) is 0 Å². The van der Waals surface area contributed by atoms with Crippen LogP contribution < -0.4 is 10.6 Å². The van der Waals surface area contributed by atoms with E-state index in [-0.39, 0.29) is 0 Å².